The number of benzene rings is 1. The molecule has 0 saturated heterocycles. The maximum Gasteiger partial charge on any atom is 0.307 e. The largest absolute Gasteiger partial charge is 0.490 e. The molecule has 0 amide bonds. The molecule has 2 unspecified atom stereocenters. The van der Waals surface area contributed by atoms with E-state index in [-0.39, 0.29) is 6.54 Å². The van der Waals surface area contributed by atoms with Crippen molar-refractivity contribution < 1.29 is 19.4 Å². The van der Waals surface area contributed by atoms with Crippen LogP contribution in [-0.4, -0.2) is 30.8 Å². The first-order chi connectivity index (χ1) is 11.5. The zero-order valence-corrected chi connectivity index (χ0v) is 15.1. The molecular formula is C19H31NO4. The van der Waals surface area contributed by atoms with Crippen molar-refractivity contribution in [2.45, 2.75) is 46.5 Å². The third-order valence-electron chi connectivity index (χ3n) is 4.28. The fourth-order valence-electron chi connectivity index (χ4n) is 2.81. The van der Waals surface area contributed by atoms with Crippen LogP contribution >= 0.6 is 0 Å². The first kappa shape index (κ1) is 20.3. The van der Waals surface area contributed by atoms with Crippen molar-refractivity contribution in [1.29, 1.82) is 0 Å². The van der Waals surface area contributed by atoms with Crippen LogP contribution in [-0.2, 0) is 11.2 Å². The normalized spacial score (nSPS) is 13.3. The quantitative estimate of drug-likeness (QED) is 0.610. The number of carboxylic acids is 1. The number of carbonyl (C=O) groups is 1. The van der Waals surface area contributed by atoms with Gasteiger partial charge in [0.25, 0.3) is 0 Å². The van der Waals surface area contributed by atoms with Crippen molar-refractivity contribution in [3.05, 3.63) is 23.8 Å². The van der Waals surface area contributed by atoms with Gasteiger partial charge in [0.2, 0.25) is 0 Å². The molecule has 1 rings (SSSR count). The lowest BCUT2D eigenvalue weighted by Gasteiger charge is -2.19. The molecule has 5 heteroatoms. The molecule has 136 valence electrons. The average molecular weight is 337 g/mol. The summed E-state index contributed by atoms with van der Waals surface area (Å²) in [5.74, 6) is 0.654. The molecular weight excluding hydrogens is 306 g/mol. The Morgan fingerprint density at radius 1 is 1.17 bits per heavy atom. The van der Waals surface area contributed by atoms with Crippen molar-refractivity contribution in [3.8, 4) is 11.5 Å². The van der Waals surface area contributed by atoms with Crippen molar-refractivity contribution in [2.24, 2.45) is 17.6 Å². The van der Waals surface area contributed by atoms with Crippen LogP contribution in [0, 0.1) is 11.8 Å². The summed E-state index contributed by atoms with van der Waals surface area (Å²) in [5.41, 5.74) is 6.75. The van der Waals surface area contributed by atoms with E-state index in [1.54, 1.807) is 0 Å². The number of hydrogen-bond acceptors (Lipinski definition) is 4. The SMILES string of the molecule is CCOc1ccc(CCC(CC)CC(CN)C(=O)O)cc1OCC. The number of rotatable bonds is 12. The number of ether oxygens (including phenoxy) is 2. The summed E-state index contributed by atoms with van der Waals surface area (Å²) >= 11 is 0. The molecule has 0 spiro atoms. The average Bonchev–Trinajstić information content (AvgIpc) is 2.57. The molecule has 0 bridgehead atoms. The van der Waals surface area contributed by atoms with E-state index in [1.807, 2.05) is 26.0 Å². The molecule has 0 fully saturated rings. The van der Waals surface area contributed by atoms with Gasteiger partial charge in [0, 0.05) is 6.54 Å². The van der Waals surface area contributed by atoms with E-state index in [0.29, 0.717) is 25.6 Å². The summed E-state index contributed by atoms with van der Waals surface area (Å²) in [6.45, 7) is 7.40. The van der Waals surface area contributed by atoms with E-state index in [2.05, 4.69) is 13.0 Å². The van der Waals surface area contributed by atoms with Gasteiger partial charge in [0.05, 0.1) is 19.1 Å². The van der Waals surface area contributed by atoms with Crippen molar-refractivity contribution >= 4 is 5.97 Å². The van der Waals surface area contributed by atoms with E-state index >= 15 is 0 Å². The molecule has 0 aliphatic rings. The topological polar surface area (TPSA) is 81.8 Å². The van der Waals surface area contributed by atoms with Crippen LogP contribution in [0.4, 0.5) is 0 Å². The molecule has 3 N–H and O–H groups in total. The summed E-state index contributed by atoms with van der Waals surface area (Å²) in [6, 6.07) is 6.03. The van der Waals surface area contributed by atoms with Gasteiger partial charge < -0.3 is 20.3 Å². The molecule has 5 nitrogen and oxygen atoms in total. The van der Waals surface area contributed by atoms with E-state index in [0.717, 1.165) is 30.8 Å². The minimum Gasteiger partial charge on any atom is -0.490 e. The smallest absolute Gasteiger partial charge is 0.307 e. The number of aryl methyl sites for hydroxylation is 1. The molecule has 2 atom stereocenters. The highest BCUT2D eigenvalue weighted by Crippen LogP contribution is 2.30. The van der Waals surface area contributed by atoms with Crippen molar-refractivity contribution in [1.82, 2.24) is 0 Å². The second-order valence-corrected chi connectivity index (χ2v) is 5.97. The van der Waals surface area contributed by atoms with Gasteiger partial charge >= 0.3 is 5.97 Å². The van der Waals surface area contributed by atoms with Crippen LogP contribution in [0.2, 0.25) is 0 Å². The van der Waals surface area contributed by atoms with Gasteiger partial charge in [-0.3, -0.25) is 4.79 Å². The predicted molar refractivity (Wildman–Crippen MR) is 95.7 cm³/mol. The summed E-state index contributed by atoms with van der Waals surface area (Å²) in [6.07, 6.45) is 3.43. The van der Waals surface area contributed by atoms with Crippen LogP contribution in [0.3, 0.4) is 0 Å². The number of nitrogens with two attached hydrogens (primary N) is 1. The Bertz CT molecular complexity index is 504. The minimum atomic E-state index is -0.796. The van der Waals surface area contributed by atoms with Crippen molar-refractivity contribution in [2.75, 3.05) is 19.8 Å². The lowest BCUT2D eigenvalue weighted by molar-refractivity contribution is -0.142. The number of carboxylic acid groups (broad SMARTS) is 1. The Kier molecular flexibility index (Phi) is 9.23. The van der Waals surface area contributed by atoms with Gasteiger partial charge in [-0.1, -0.05) is 19.4 Å². The van der Waals surface area contributed by atoms with Gasteiger partial charge in [-0.15, -0.1) is 0 Å². The Balaban J connectivity index is 2.70. The fourth-order valence-corrected chi connectivity index (χ4v) is 2.81. The van der Waals surface area contributed by atoms with E-state index in [1.165, 1.54) is 5.56 Å². The first-order valence-electron chi connectivity index (χ1n) is 8.86. The highest BCUT2D eigenvalue weighted by molar-refractivity contribution is 5.70. The molecule has 0 heterocycles. The lowest BCUT2D eigenvalue weighted by atomic mass is 9.88. The molecule has 0 saturated carbocycles. The molecule has 0 aliphatic carbocycles. The maximum absolute atomic E-state index is 11.2. The predicted octanol–water partition coefficient (Wildman–Crippen LogP) is 3.49. The Hall–Kier alpha value is -1.75. The van der Waals surface area contributed by atoms with Gasteiger partial charge in [-0.25, -0.2) is 0 Å². The monoisotopic (exact) mass is 337 g/mol. The van der Waals surface area contributed by atoms with E-state index in [4.69, 9.17) is 20.3 Å². The fraction of sp³-hybridized carbons (Fsp3) is 0.632. The van der Waals surface area contributed by atoms with Crippen LogP contribution in [0.5, 0.6) is 11.5 Å². The second kappa shape index (κ2) is 10.9. The molecule has 0 aliphatic heterocycles. The zero-order chi connectivity index (χ0) is 17.9. The van der Waals surface area contributed by atoms with Crippen LogP contribution < -0.4 is 15.2 Å². The van der Waals surface area contributed by atoms with E-state index in [9.17, 15) is 4.79 Å². The second-order valence-electron chi connectivity index (χ2n) is 5.97. The van der Waals surface area contributed by atoms with Crippen LogP contribution in [0.25, 0.3) is 0 Å². The molecule has 0 radical (unpaired) electrons. The summed E-state index contributed by atoms with van der Waals surface area (Å²) in [7, 11) is 0. The highest BCUT2D eigenvalue weighted by Gasteiger charge is 2.20. The van der Waals surface area contributed by atoms with Gasteiger partial charge in [-0.05, 0) is 56.7 Å². The molecule has 24 heavy (non-hydrogen) atoms. The number of hydrogen-bond donors (Lipinski definition) is 2. The van der Waals surface area contributed by atoms with Gasteiger partial charge in [-0.2, -0.15) is 0 Å². The highest BCUT2D eigenvalue weighted by atomic mass is 16.5. The first-order valence-corrected chi connectivity index (χ1v) is 8.86. The summed E-state index contributed by atoms with van der Waals surface area (Å²) < 4.78 is 11.2. The third-order valence-corrected chi connectivity index (χ3v) is 4.28. The number of aliphatic carboxylic acids is 1. The Morgan fingerprint density at radius 3 is 2.38 bits per heavy atom. The zero-order valence-electron chi connectivity index (χ0n) is 15.1. The summed E-state index contributed by atoms with van der Waals surface area (Å²) in [5, 5.41) is 9.17. The standard InChI is InChI=1S/C19H31NO4/c1-4-14(11-16(13-20)19(21)22)7-8-15-9-10-17(23-5-2)18(12-15)24-6-3/h9-10,12,14,16H,4-8,11,13,20H2,1-3H3,(H,21,22). The third kappa shape index (κ3) is 6.40. The lowest BCUT2D eigenvalue weighted by Crippen LogP contribution is -2.26. The molecule has 1 aromatic carbocycles. The minimum absolute atomic E-state index is 0.198. The van der Waals surface area contributed by atoms with Crippen molar-refractivity contribution in [3.63, 3.8) is 0 Å². The molecule has 0 aromatic heterocycles. The van der Waals surface area contributed by atoms with E-state index < -0.39 is 11.9 Å². The van der Waals surface area contributed by atoms with Crippen LogP contribution in [0.1, 0.15) is 45.6 Å². The Morgan fingerprint density at radius 2 is 1.83 bits per heavy atom. The van der Waals surface area contributed by atoms with Gasteiger partial charge in [0.15, 0.2) is 11.5 Å². The summed E-state index contributed by atoms with van der Waals surface area (Å²) in [4.78, 5) is 11.2. The maximum atomic E-state index is 11.2. The van der Waals surface area contributed by atoms with Gasteiger partial charge in [0.1, 0.15) is 0 Å². The van der Waals surface area contributed by atoms with Crippen LogP contribution in [0.15, 0.2) is 18.2 Å². The molecule has 1 aromatic rings. The Labute approximate surface area is 145 Å².